The predicted octanol–water partition coefficient (Wildman–Crippen LogP) is 4.46. The molecule has 3 N–H and O–H groups in total. The second-order valence-corrected chi connectivity index (χ2v) is 4.82. The molecule has 0 saturated heterocycles. The maximum atomic E-state index is 5.99. The van der Waals surface area contributed by atoms with Gasteiger partial charge in [0.25, 0.3) is 0 Å². The fourth-order valence-electron chi connectivity index (χ4n) is 1.92. The Morgan fingerprint density at radius 3 is 2.43 bits per heavy atom. The van der Waals surface area contributed by atoms with E-state index >= 15 is 0 Å². The standard InChI is InChI=1S/C16H19ClN2O2/c1-3-20-15-8-6-12(10-16(15)21-4-2)19-14-9-11(17)5-7-13(14)18/h5-10,19H,3-4,18H2,1-2H3. The largest absolute Gasteiger partial charge is 0.490 e. The lowest BCUT2D eigenvalue weighted by atomic mass is 10.2. The molecule has 0 fully saturated rings. The van der Waals surface area contributed by atoms with Crippen molar-refractivity contribution in [2.75, 3.05) is 24.3 Å². The second-order valence-electron chi connectivity index (χ2n) is 4.38. The van der Waals surface area contributed by atoms with Gasteiger partial charge in [0.05, 0.1) is 24.6 Å². The van der Waals surface area contributed by atoms with Gasteiger partial charge in [0.2, 0.25) is 0 Å². The monoisotopic (exact) mass is 306 g/mol. The van der Waals surface area contributed by atoms with Gasteiger partial charge in [-0.15, -0.1) is 0 Å². The third kappa shape index (κ3) is 3.95. The van der Waals surface area contributed by atoms with Crippen molar-refractivity contribution in [1.29, 1.82) is 0 Å². The van der Waals surface area contributed by atoms with Crippen LogP contribution in [0.4, 0.5) is 17.1 Å². The molecular formula is C16H19ClN2O2. The number of halogens is 1. The Morgan fingerprint density at radius 1 is 1.00 bits per heavy atom. The highest BCUT2D eigenvalue weighted by atomic mass is 35.5. The van der Waals surface area contributed by atoms with Crippen molar-refractivity contribution in [1.82, 2.24) is 0 Å². The molecule has 4 nitrogen and oxygen atoms in total. The maximum absolute atomic E-state index is 5.99. The molecule has 21 heavy (non-hydrogen) atoms. The van der Waals surface area contributed by atoms with Crippen molar-refractivity contribution in [3.63, 3.8) is 0 Å². The van der Waals surface area contributed by atoms with Gasteiger partial charge in [-0.2, -0.15) is 0 Å². The molecule has 112 valence electrons. The summed E-state index contributed by atoms with van der Waals surface area (Å²) < 4.78 is 11.1. The molecule has 2 rings (SSSR count). The van der Waals surface area contributed by atoms with E-state index in [2.05, 4.69) is 5.32 Å². The zero-order valence-corrected chi connectivity index (χ0v) is 12.9. The molecule has 5 heteroatoms. The van der Waals surface area contributed by atoms with Crippen molar-refractivity contribution in [2.24, 2.45) is 0 Å². The van der Waals surface area contributed by atoms with Crippen molar-refractivity contribution < 1.29 is 9.47 Å². The van der Waals surface area contributed by atoms with Crippen LogP contribution in [-0.4, -0.2) is 13.2 Å². The first kappa shape index (κ1) is 15.3. The normalized spacial score (nSPS) is 10.2. The number of nitrogens with two attached hydrogens (primary N) is 1. The Balaban J connectivity index is 2.27. The van der Waals surface area contributed by atoms with Crippen molar-refractivity contribution in [3.05, 3.63) is 41.4 Å². The van der Waals surface area contributed by atoms with Gasteiger partial charge in [-0.3, -0.25) is 0 Å². The van der Waals surface area contributed by atoms with Gasteiger partial charge in [0.15, 0.2) is 11.5 Å². The molecule has 0 radical (unpaired) electrons. The topological polar surface area (TPSA) is 56.5 Å². The third-order valence-electron chi connectivity index (χ3n) is 2.84. The summed E-state index contributed by atoms with van der Waals surface area (Å²) in [5, 5.41) is 3.86. The van der Waals surface area contributed by atoms with E-state index in [1.54, 1.807) is 18.2 Å². The van der Waals surface area contributed by atoms with Crippen LogP contribution in [-0.2, 0) is 0 Å². The summed E-state index contributed by atoms with van der Waals surface area (Å²) in [7, 11) is 0. The predicted molar refractivity (Wildman–Crippen MR) is 87.9 cm³/mol. The van der Waals surface area contributed by atoms with Crippen LogP contribution in [0.1, 0.15) is 13.8 Å². The average molecular weight is 307 g/mol. The van der Waals surface area contributed by atoms with Crippen molar-refractivity contribution in [3.8, 4) is 11.5 Å². The molecule has 0 aliphatic rings. The lowest BCUT2D eigenvalue weighted by Crippen LogP contribution is -2.00. The molecule has 0 spiro atoms. The Morgan fingerprint density at radius 2 is 1.71 bits per heavy atom. The number of nitrogen functional groups attached to an aromatic ring is 1. The zero-order chi connectivity index (χ0) is 15.2. The highest BCUT2D eigenvalue weighted by Crippen LogP contribution is 2.33. The number of anilines is 3. The molecule has 0 atom stereocenters. The minimum atomic E-state index is 0.572. The minimum Gasteiger partial charge on any atom is -0.490 e. The van der Waals surface area contributed by atoms with Crippen molar-refractivity contribution in [2.45, 2.75) is 13.8 Å². The lowest BCUT2D eigenvalue weighted by Gasteiger charge is -2.14. The fraction of sp³-hybridized carbons (Fsp3) is 0.250. The van der Waals surface area contributed by atoms with Gasteiger partial charge in [-0.25, -0.2) is 0 Å². The number of benzene rings is 2. The third-order valence-corrected chi connectivity index (χ3v) is 3.07. The quantitative estimate of drug-likeness (QED) is 0.773. The molecule has 0 heterocycles. The van der Waals surface area contributed by atoms with Gasteiger partial charge in [-0.1, -0.05) is 11.6 Å². The highest BCUT2D eigenvalue weighted by Gasteiger charge is 2.07. The SMILES string of the molecule is CCOc1ccc(Nc2cc(Cl)ccc2N)cc1OCC. The molecular weight excluding hydrogens is 288 g/mol. The summed E-state index contributed by atoms with van der Waals surface area (Å²) >= 11 is 5.99. The Kier molecular flexibility index (Phi) is 5.17. The molecule has 0 bridgehead atoms. The average Bonchev–Trinajstić information content (AvgIpc) is 2.46. The molecule has 0 aliphatic carbocycles. The molecule has 0 amide bonds. The molecule has 0 aliphatic heterocycles. The second kappa shape index (κ2) is 7.09. The molecule has 0 unspecified atom stereocenters. The van der Waals surface area contributed by atoms with Crippen LogP contribution in [0.15, 0.2) is 36.4 Å². The van der Waals surface area contributed by atoms with Gasteiger partial charge in [-0.05, 0) is 44.2 Å². The van der Waals surface area contributed by atoms with Crippen LogP contribution in [0, 0.1) is 0 Å². The number of nitrogens with one attached hydrogen (secondary N) is 1. The highest BCUT2D eigenvalue weighted by molar-refractivity contribution is 6.31. The summed E-state index contributed by atoms with van der Waals surface area (Å²) in [5.41, 5.74) is 8.18. The van der Waals surface area contributed by atoms with Crippen LogP contribution >= 0.6 is 11.6 Å². The molecule has 0 saturated carbocycles. The molecule has 2 aromatic carbocycles. The lowest BCUT2D eigenvalue weighted by molar-refractivity contribution is 0.288. The number of rotatable bonds is 6. The van der Waals surface area contributed by atoms with E-state index in [1.807, 2.05) is 32.0 Å². The van der Waals surface area contributed by atoms with Crippen LogP contribution < -0.4 is 20.5 Å². The summed E-state index contributed by atoms with van der Waals surface area (Å²) in [6, 6.07) is 11.0. The summed E-state index contributed by atoms with van der Waals surface area (Å²) in [4.78, 5) is 0. The first-order chi connectivity index (χ1) is 10.1. The van der Waals surface area contributed by atoms with Crippen LogP contribution in [0.5, 0.6) is 11.5 Å². The first-order valence-electron chi connectivity index (χ1n) is 6.85. The minimum absolute atomic E-state index is 0.572. The van der Waals surface area contributed by atoms with Crippen LogP contribution in [0.2, 0.25) is 5.02 Å². The summed E-state index contributed by atoms with van der Waals surface area (Å²) in [6.45, 7) is 5.04. The van der Waals surface area contributed by atoms with E-state index in [0.29, 0.717) is 29.7 Å². The molecule has 2 aromatic rings. The summed E-state index contributed by atoms with van der Waals surface area (Å²) in [6.07, 6.45) is 0. The number of ether oxygens (including phenoxy) is 2. The smallest absolute Gasteiger partial charge is 0.163 e. The van der Waals surface area contributed by atoms with E-state index in [0.717, 1.165) is 17.1 Å². The van der Waals surface area contributed by atoms with E-state index in [-0.39, 0.29) is 0 Å². The van der Waals surface area contributed by atoms with E-state index in [1.165, 1.54) is 0 Å². The van der Waals surface area contributed by atoms with Crippen LogP contribution in [0.25, 0.3) is 0 Å². The maximum Gasteiger partial charge on any atom is 0.163 e. The summed E-state index contributed by atoms with van der Waals surface area (Å²) in [5.74, 6) is 1.42. The van der Waals surface area contributed by atoms with Gasteiger partial charge in [0, 0.05) is 16.8 Å². The number of hydrogen-bond donors (Lipinski definition) is 2. The first-order valence-corrected chi connectivity index (χ1v) is 7.23. The number of hydrogen-bond acceptors (Lipinski definition) is 4. The van der Waals surface area contributed by atoms with E-state index in [9.17, 15) is 0 Å². The van der Waals surface area contributed by atoms with Gasteiger partial charge in [0.1, 0.15) is 0 Å². The molecule has 0 aromatic heterocycles. The van der Waals surface area contributed by atoms with E-state index < -0.39 is 0 Å². The fourth-order valence-corrected chi connectivity index (χ4v) is 2.09. The van der Waals surface area contributed by atoms with Crippen molar-refractivity contribution >= 4 is 28.7 Å². The Labute approximate surface area is 129 Å². The van der Waals surface area contributed by atoms with Gasteiger partial charge < -0.3 is 20.5 Å². The van der Waals surface area contributed by atoms with Gasteiger partial charge >= 0.3 is 0 Å². The zero-order valence-electron chi connectivity index (χ0n) is 12.2. The Hall–Kier alpha value is -2.07. The Bertz CT molecular complexity index is 617. The van der Waals surface area contributed by atoms with E-state index in [4.69, 9.17) is 26.8 Å². The van der Waals surface area contributed by atoms with Crippen LogP contribution in [0.3, 0.4) is 0 Å².